The number of sulfonamides is 1. The lowest BCUT2D eigenvalue weighted by atomic mass is 10.2. The Hall–Kier alpha value is -2.89. The zero-order valence-corrected chi connectivity index (χ0v) is 17.3. The summed E-state index contributed by atoms with van der Waals surface area (Å²) in [6, 6.07) is 8.05. The van der Waals surface area contributed by atoms with Gasteiger partial charge in [0.15, 0.2) is 0 Å². The second-order valence-electron chi connectivity index (χ2n) is 6.10. The van der Waals surface area contributed by atoms with Crippen molar-refractivity contribution in [1.29, 1.82) is 0 Å². The first-order valence-corrected chi connectivity index (χ1v) is 9.99. The second kappa shape index (κ2) is 9.54. The topological polar surface area (TPSA) is 129 Å². The molecule has 10 nitrogen and oxygen atoms in total. The highest BCUT2D eigenvalue weighted by molar-refractivity contribution is 7.89. The Labute approximate surface area is 169 Å². The molecule has 0 bridgehead atoms. The quantitative estimate of drug-likeness (QED) is 0.439. The van der Waals surface area contributed by atoms with Crippen molar-refractivity contribution in [2.24, 2.45) is 0 Å². The summed E-state index contributed by atoms with van der Waals surface area (Å²) in [5.74, 6) is 0.957. The summed E-state index contributed by atoms with van der Waals surface area (Å²) in [6.45, 7) is 1.79. The van der Waals surface area contributed by atoms with E-state index in [1.165, 1.54) is 33.5 Å². The number of anilines is 2. The fourth-order valence-electron chi connectivity index (χ4n) is 2.61. The number of rotatable bonds is 10. The van der Waals surface area contributed by atoms with Gasteiger partial charge in [-0.1, -0.05) is 0 Å². The van der Waals surface area contributed by atoms with Crippen LogP contribution in [-0.2, 0) is 14.8 Å². The van der Waals surface area contributed by atoms with E-state index in [9.17, 15) is 18.5 Å². The molecule has 0 heterocycles. The number of hydrogen-bond acceptors (Lipinski definition) is 8. The van der Waals surface area contributed by atoms with Crippen LogP contribution in [-0.4, -0.2) is 47.3 Å². The van der Waals surface area contributed by atoms with Crippen LogP contribution < -0.4 is 19.5 Å². The van der Waals surface area contributed by atoms with Crippen molar-refractivity contribution in [2.45, 2.75) is 17.9 Å². The van der Waals surface area contributed by atoms with Crippen molar-refractivity contribution >= 4 is 27.1 Å². The predicted octanol–water partition coefficient (Wildman–Crippen LogP) is 2.67. The first kappa shape index (κ1) is 22.4. The van der Waals surface area contributed by atoms with Crippen LogP contribution in [0.3, 0.4) is 0 Å². The van der Waals surface area contributed by atoms with E-state index in [2.05, 4.69) is 10.0 Å². The van der Waals surface area contributed by atoms with Crippen LogP contribution in [0.25, 0.3) is 0 Å². The number of ether oxygens (including phenoxy) is 3. The maximum atomic E-state index is 12.5. The molecule has 0 saturated carbocycles. The molecule has 1 atom stereocenters. The Morgan fingerprint density at radius 2 is 1.79 bits per heavy atom. The molecule has 0 aliphatic carbocycles. The van der Waals surface area contributed by atoms with Crippen LogP contribution in [0.15, 0.2) is 41.3 Å². The Morgan fingerprint density at radius 3 is 2.38 bits per heavy atom. The van der Waals surface area contributed by atoms with E-state index in [0.717, 1.165) is 6.07 Å². The highest BCUT2D eigenvalue weighted by atomic mass is 32.2. The molecule has 0 saturated heterocycles. The monoisotopic (exact) mass is 425 g/mol. The smallest absolute Gasteiger partial charge is 0.294 e. The van der Waals surface area contributed by atoms with Crippen molar-refractivity contribution in [2.75, 3.05) is 33.3 Å². The Kier molecular flexibility index (Phi) is 7.37. The molecule has 0 unspecified atom stereocenters. The van der Waals surface area contributed by atoms with Crippen LogP contribution in [0.2, 0.25) is 0 Å². The third-order valence-corrected chi connectivity index (χ3v) is 5.51. The van der Waals surface area contributed by atoms with Gasteiger partial charge in [-0.25, -0.2) is 13.1 Å². The summed E-state index contributed by atoms with van der Waals surface area (Å²) < 4.78 is 42.7. The summed E-state index contributed by atoms with van der Waals surface area (Å²) in [5.41, 5.74) is 0.125. The molecule has 0 aliphatic heterocycles. The SMILES string of the molecule is COC[C@H](C)NS(=O)(=O)c1ccc(Nc2cc(OC)ccc2OC)c([N+](=O)[O-])c1. The highest BCUT2D eigenvalue weighted by Crippen LogP contribution is 2.35. The van der Waals surface area contributed by atoms with E-state index in [-0.39, 0.29) is 17.2 Å². The molecule has 158 valence electrons. The minimum absolute atomic E-state index is 0.102. The van der Waals surface area contributed by atoms with Gasteiger partial charge >= 0.3 is 0 Å². The summed E-state index contributed by atoms with van der Waals surface area (Å²) >= 11 is 0. The molecule has 2 aromatic rings. The summed E-state index contributed by atoms with van der Waals surface area (Å²) in [4.78, 5) is 10.7. The molecule has 0 radical (unpaired) electrons. The van der Waals surface area contributed by atoms with Gasteiger partial charge in [0.2, 0.25) is 10.0 Å². The Balaban J connectivity index is 2.42. The number of nitro benzene ring substituents is 1. The second-order valence-corrected chi connectivity index (χ2v) is 7.82. The van der Waals surface area contributed by atoms with E-state index < -0.39 is 26.7 Å². The van der Waals surface area contributed by atoms with Gasteiger partial charge in [0.25, 0.3) is 5.69 Å². The molecule has 0 aromatic heterocycles. The number of nitrogens with zero attached hydrogens (tertiary/aromatic N) is 1. The standard InChI is InChI=1S/C18H23N3O7S/c1-12(11-26-2)20-29(24,25)14-6-7-15(17(10-14)21(22)23)19-16-9-13(27-3)5-8-18(16)28-4/h5-10,12,19-20H,11H2,1-4H3/t12-/m0/s1. The van der Waals surface area contributed by atoms with E-state index in [0.29, 0.717) is 17.2 Å². The molecular formula is C18H23N3O7S. The van der Waals surface area contributed by atoms with Crippen molar-refractivity contribution in [3.05, 3.63) is 46.5 Å². The molecule has 11 heteroatoms. The largest absolute Gasteiger partial charge is 0.497 e. The van der Waals surface area contributed by atoms with Gasteiger partial charge in [-0.05, 0) is 31.2 Å². The van der Waals surface area contributed by atoms with Crippen LogP contribution in [0.5, 0.6) is 11.5 Å². The van der Waals surface area contributed by atoms with Crippen molar-refractivity contribution in [1.82, 2.24) is 4.72 Å². The zero-order chi connectivity index (χ0) is 21.6. The van der Waals surface area contributed by atoms with Crippen molar-refractivity contribution < 1.29 is 27.6 Å². The van der Waals surface area contributed by atoms with Crippen LogP contribution in [0.1, 0.15) is 6.92 Å². The molecule has 2 rings (SSSR count). The summed E-state index contributed by atoms with van der Waals surface area (Å²) in [5, 5.41) is 14.5. The first-order chi connectivity index (χ1) is 13.7. The molecular weight excluding hydrogens is 402 g/mol. The van der Waals surface area contributed by atoms with Gasteiger partial charge in [-0.2, -0.15) is 0 Å². The van der Waals surface area contributed by atoms with Crippen LogP contribution >= 0.6 is 0 Å². The number of hydrogen-bond donors (Lipinski definition) is 2. The normalized spacial score (nSPS) is 12.3. The van der Waals surface area contributed by atoms with Crippen LogP contribution in [0, 0.1) is 10.1 Å². The molecule has 2 N–H and O–H groups in total. The summed E-state index contributed by atoms with van der Waals surface area (Å²) in [7, 11) is 0.443. The van der Waals surface area contributed by atoms with E-state index in [1.54, 1.807) is 25.1 Å². The number of nitrogens with one attached hydrogen (secondary N) is 2. The maximum Gasteiger partial charge on any atom is 0.294 e. The van der Waals surface area contributed by atoms with E-state index in [1.807, 2.05) is 0 Å². The minimum Gasteiger partial charge on any atom is -0.497 e. The van der Waals surface area contributed by atoms with E-state index in [4.69, 9.17) is 14.2 Å². The fraction of sp³-hybridized carbons (Fsp3) is 0.333. The fourth-order valence-corrected chi connectivity index (χ4v) is 3.86. The maximum absolute atomic E-state index is 12.5. The van der Waals surface area contributed by atoms with Gasteiger partial charge in [0.05, 0.1) is 36.3 Å². The van der Waals surface area contributed by atoms with Gasteiger partial charge in [0, 0.05) is 25.3 Å². The van der Waals surface area contributed by atoms with E-state index >= 15 is 0 Å². The van der Waals surface area contributed by atoms with Gasteiger partial charge < -0.3 is 19.5 Å². The van der Waals surface area contributed by atoms with Gasteiger partial charge in [-0.15, -0.1) is 0 Å². The van der Waals surface area contributed by atoms with Crippen molar-refractivity contribution in [3.63, 3.8) is 0 Å². The number of nitro groups is 1. The average Bonchev–Trinajstić information content (AvgIpc) is 2.67. The molecule has 0 spiro atoms. The van der Waals surface area contributed by atoms with Gasteiger partial charge in [0.1, 0.15) is 17.2 Å². The Morgan fingerprint density at radius 1 is 1.07 bits per heavy atom. The Bertz CT molecular complexity index is 979. The number of benzene rings is 2. The molecule has 0 amide bonds. The highest BCUT2D eigenvalue weighted by Gasteiger charge is 2.23. The lowest BCUT2D eigenvalue weighted by Crippen LogP contribution is -2.35. The molecule has 0 aliphatic rings. The lowest BCUT2D eigenvalue weighted by molar-refractivity contribution is -0.384. The first-order valence-electron chi connectivity index (χ1n) is 8.50. The van der Waals surface area contributed by atoms with Crippen LogP contribution in [0.4, 0.5) is 17.1 Å². The minimum atomic E-state index is -3.96. The molecule has 29 heavy (non-hydrogen) atoms. The lowest BCUT2D eigenvalue weighted by Gasteiger charge is -2.15. The average molecular weight is 425 g/mol. The van der Waals surface area contributed by atoms with Gasteiger partial charge in [-0.3, -0.25) is 10.1 Å². The summed E-state index contributed by atoms with van der Waals surface area (Å²) in [6.07, 6.45) is 0. The molecule has 0 fully saturated rings. The molecule has 2 aromatic carbocycles. The zero-order valence-electron chi connectivity index (χ0n) is 16.5. The third-order valence-electron chi connectivity index (χ3n) is 3.93. The van der Waals surface area contributed by atoms with Crippen molar-refractivity contribution in [3.8, 4) is 11.5 Å². The third kappa shape index (κ3) is 5.56. The predicted molar refractivity (Wildman–Crippen MR) is 108 cm³/mol. The number of methoxy groups -OCH3 is 3.